The molecule has 0 radical (unpaired) electrons. The van der Waals surface area contributed by atoms with E-state index in [4.69, 9.17) is 0 Å². The van der Waals surface area contributed by atoms with Crippen molar-refractivity contribution in [2.45, 2.75) is 29.9 Å². The van der Waals surface area contributed by atoms with Crippen molar-refractivity contribution in [3.63, 3.8) is 0 Å². The predicted octanol–water partition coefficient (Wildman–Crippen LogP) is 2.80. The minimum absolute atomic E-state index is 0.0256. The average molecular weight is 293 g/mol. The van der Waals surface area contributed by atoms with Crippen LogP contribution in [0.5, 0.6) is 0 Å². The van der Waals surface area contributed by atoms with Crippen LogP contribution in [0.1, 0.15) is 23.7 Å². The molecule has 1 atom stereocenters. The quantitative estimate of drug-likeness (QED) is 0.821. The van der Waals surface area contributed by atoms with Gasteiger partial charge in [0.15, 0.2) is 0 Å². The Morgan fingerprint density at radius 1 is 1.37 bits per heavy atom. The zero-order valence-electron chi connectivity index (χ0n) is 10.2. The van der Waals surface area contributed by atoms with Gasteiger partial charge in [0.1, 0.15) is 0 Å². The average Bonchev–Trinajstić information content (AvgIpc) is 2.34. The SMILES string of the molecule is CCC(O)CNC(=O)c1ccc(SC(F)(F)F)cc1. The van der Waals surface area contributed by atoms with E-state index >= 15 is 0 Å². The third kappa shape index (κ3) is 5.98. The number of hydrogen-bond donors (Lipinski definition) is 2. The lowest BCUT2D eigenvalue weighted by Crippen LogP contribution is -2.31. The number of carbonyl (C=O) groups is 1. The zero-order valence-corrected chi connectivity index (χ0v) is 11.0. The molecule has 3 nitrogen and oxygen atoms in total. The fourth-order valence-electron chi connectivity index (χ4n) is 1.26. The summed E-state index contributed by atoms with van der Waals surface area (Å²) in [5.74, 6) is -0.420. The first-order valence-electron chi connectivity index (χ1n) is 5.64. The van der Waals surface area contributed by atoms with E-state index in [9.17, 15) is 23.1 Å². The van der Waals surface area contributed by atoms with E-state index in [0.717, 1.165) is 0 Å². The van der Waals surface area contributed by atoms with Gasteiger partial charge in [-0.2, -0.15) is 13.2 Å². The highest BCUT2D eigenvalue weighted by Crippen LogP contribution is 2.36. The molecule has 1 aromatic carbocycles. The van der Waals surface area contributed by atoms with E-state index in [2.05, 4.69) is 5.32 Å². The Labute approximate surface area is 113 Å². The summed E-state index contributed by atoms with van der Waals surface area (Å²) in [4.78, 5) is 11.6. The Bertz CT molecular complexity index is 420. The first-order valence-corrected chi connectivity index (χ1v) is 6.45. The number of nitrogens with one attached hydrogen (secondary N) is 1. The summed E-state index contributed by atoms with van der Waals surface area (Å²) in [5.41, 5.74) is -4.08. The number of rotatable bonds is 5. The summed E-state index contributed by atoms with van der Waals surface area (Å²) in [7, 11) is 0. The van der Waals surface area contributed by atoms with Crippen molar-refractivity contribution >= 4 is 17.7 Å². The molecule has 0 bridgehead atoms. The van der Waals surface area contributed by atoms with Gasteiger partial charge in [0, 0.05) is 17.0 Å². The third-order valence-corrected chi connectivity index (χ3v) is 3.06. The van der Waals surface area contributed by atoms with Gasteiger partial charge in [0.25, 0.3) is 5.91 Å². The minimum atomic E-state index is -4.34. The fourth-order valence-corrected chi connectivity index (χ4v) is 1.80. The number of halogens is 3. The van der Waals surface area contributed by atoms with Crippen molar-refractivity contribution in [1.82, 2.24) is 5.32 Å². The van der Waals surface area contributed by atoms with Crippen LogP contribution in [0, 0.1) is 0 Å². The van der Waals surface area contributed by atoms with Crippen LogP contribution in [0.3, 0.4) is 0 Å². The molecule has 7 heteroatoms. The second kappa shape index (κ2) is 6.81. The van der Waals surface area contributed by atoms with Crippen LogP contribution in [-0.2, 0) is 0 Å². The Morgan fingerprint density at radius 2 is 1.95 bits per heavy atom. The van der Waals surface area contributed by atoms with Crippen molar-refractivity contribution in [3.8, 4) is 0 Å². The van der Waals surface area contributed by atoms with Crippen LogP contribution >= 0.6 is 11.8 Å². The molecule has 19 heavy (non-hydrogen) atoms. The molecule has 0 aromatic heterocycles. The first-order chi connectivity index (χ1) is 8.81. The molecule has 106 valence electrons. The van der Waals surface area contributed by atoms with Gasteiger partial charge in [0.05, 0.1) is 6.10 Å². The van der Waals surface area contributed by atoms with E-state index in [1.165, 1.54) is 24.3 Å². The molecule has 0 fully saturated rings. The summed E-state index contributed by atoms with van der Waals surface area (Å²) in [6.45, 7) is 1.90. The van der Waals surface area contributed by atoms with Crippen molar-refractivity contribution in [3.05, 3.63) is 29.8 Å². The largest absolute Gasteiger partial charge is 0.446 e. The number of hydrogen-bond acceptors (Lipinski definition) is 3. The highest BCUT2D eigenvalue weighted by atomic mass is 32.2. The highest BCUT2D eigenvalue weighted by molar-refractivity contribution is 8.00. The maximum absolute atomic E-state index is 12.1. The maximum atomic E-state index is 12.1. The summed E-state index contributed by atoms with van der Waals surface area (Å²) < 4.78 is 36.3. The lowest BCUT2D eigenvalue weighted by molar-refractivity contribution is -0.0328. The van der Waals surface area contributed by atoms with E-state index in [0.29, 0.717) is 6.42 Å². The normalized spacial score (nSPS) is 13.1. The molecular formula is C12H14F3NO2S. The summed E-state index contributed by atoms with van der Waals surface area (Å²) in [6, 6.07) is 5.12. The van der Waals surface area contributed by atoms with Gasteiger partial charge in [-0.05, 0) is 42.4 Å². The summed E-state index contributed by atoms with van der Waals surface area (Å²) in [5, 5.41) is 11.8. The summed E-state index contributed by atoms with van der Waals surface area (Å²) >= 11 is -0.229. The first kappa shape index (κ1) is 15.8. The van der Waals surface area contributed by atoms with E-state index in [1.54, 1.807) is 6.92 Å². The van der Waals surface area contributed by atoms with Gasteiger partial charge < -0.3 is 10.4 Å². The van der Waals surface area contributed by atoms with Crippen LogP contribution in [0.15, 0.2) is 29.2 Å². The smallest absolute Gasteiger partial charge is 0.391 e. The molecule has 0 spiro atoms. The number of thioether (sulfide) groups is 1. The second-order valence-corrected chi connectivity index (χ2v) is 4.98. The fraction of sp³-hybridized carbons (Fsp3) is 0.417. The lowest BCUT2D eigenvalue weighted by Gasteiger charge is -2.10. The Kier molecular flexibility index (Phi) is 5.68. The maximum Gasteiger partial charge on any atom is 0.446 e. The van der Waals surface area contributed by atoms with Crippen molar-refractivity contribution in [2.24, 2.45) is 0 Å². The molecule has 1 aromatic rings. The number of aliphatic hydroxyl groups is 1. The monoisotopic (exact) mass is 293 g/mol. The topological polar surface area (TPSA) is 49.3 Å². The van der Waals surface area contributed by atoms with Gasteiger partial charge >= 0.3 is 5.51 Å². The molecule has 0 saturated carbocycles. The van der Waals surface area contributed by atoms with E-state index in [1.807, 2.05) is 0 Å². The molecule has 2 N–H and O–H groups in total. The molecular weight excluding hydrogens is 279 g/mol. The van der Waals surface area contributed by atoms with Crippen LogP contribution in [0.25, 0.3) is 0 Å². The Hall–Kier alpha value is -1.21. The Balaban J connectivity index is 2.58. The zero-order chi connectivity index (χ0) is 14.5. The highest BCUT2D eigenvalue weighted by Gasteiger charge is 2.29. The molecule has 1 amide bonds. The van der Waals surface area contributed by atoms with Gasteiger partial charge in [-0.25, -0.2) is 0 Å². The third-order valence-electron chi connectivity index (χ3n) is 2.32. The van der Waals surface area contributed by atoms with Crippen LogP contribution < -0.4 is 5.32 Å². The predicted molar refractivity (Wildman–Crippen MR) is 67.0 cm³/mol. The van der Waals surface area contributed by atoms with Crippen LogP contribution in [-0.4, -0.2) is 29.2 Å². The molecule has 0 saturated heterocycles. The molecule has 1 unspecified atom stereocenters. The molecule has 0 aliphatic rings. The molecule has 1 rings (SSSR count). The number of aliphatic hydroxyl groups excluding tert-OH is 1. The minimum Gasteiger partial charge on any atom is -0.391 e. The van der Waals surface area contributed by atoms with Crippen molar-refractivity contribution in [1.29, 1.82) is 0 Å². The van der Waals surface area contributed by atoms with Crippen LogP contribution in [0.2, 0.25) is 0 Å². The number of benzene rings is 1. The molecule has 0 aliphatic heterocycles. The van der Waals surface area contributed by atoms with Gasteiger partial charge in [-0.15, -0.1) is 0 Å². The summed E-state index contributed by atoms with van der Waals surface area (Å²) in [6.07, 6.45) is -0.106. The van der Waals surface area contributed by atoms with Gasteiger partial charge in [-0.3, -0.25) is 4.79 Å². The molecule has 0 heterocycles. The molecule has 0 aliphatic carbocycles. The van der Waals surface area contributed by atoms with E-state index < -0.39 is 17.5 Å². The van der Waals surface area contributed by atoms with E-state index in [-0.39, 0.29) is 28.8 Å². The van der Waals surface area contributed by atoms with Gasteiger partial charge in [-0.1, -0.05) is 6.92 Å². The second-order valence-electron chi connectivity index (χ2n) is 3.84. The van der Waals surface area contributed by atoms with Crippen LogP contribution in [0.4, 0.5) is 13.2 Å². The van der Waals surface area contributed by atoms with Gasteiger partial charge in [0.2, 0.25) is 0 Å². The number of amides is 1. The Morgan fingerprint density at radius 3 is 2.42 bits per heavy atom. The number of alkyl halides is 3. The van der Waals surface area contributed by atoms with Crippen molar-refractivity contribution < 1.29 is 23.1 Å². The van der Waals surface area contributed by atoms with Crippen molar-refractivity contribution in [2.75, 3.05) is 6.54 Å². The standard InChI is InChI=1S/C12H14F3NO2S/c1-2-9(17)7-16-11(18)8-3-5-10(6-4-8)19-12(13,14)15/h3-6,9,17H,2,7H2,1H3,(H,16,18). The lowest BCUT2D eigenvalue weighted by atomic mass is 10.2. The number of carbonyl (C=O) groups excluding carboxylic acids is 1.